The molecule has 0 saturated carbocycles. The van der Waals surface area contributed by atoms with E-state index < -0.39 is 6.55 Å². The largest absolute Gasteiger partial charge is 0.318 e. The van der Waals surface area contributed by atoms with Gasteiger partial charge in [0, 0.05) is 17.9 Å². The van der Waals surface area contributed by atoms with Crippen molar-refractivity contribution < 1.29 is 8.78 Å². The third-order valence-corrected chi connectivity index (χ3v) is 1.98. The van der Waals surface area contributed by atoms with Gasteiger partial charge in [-0.2, -0.15) is 8.78 Å². The Bertz CT molecular complexity index is 258. The molecule has 0 aromatic carbocycles. The van der Waals surface area contributed by atoms with E-state index in [1.807, 2.05) is 13.8 Å². The maximum Gasteiger partial charge on any atom is 0.318 e. The first kappa shape index (κ1) is 10.2. The van der Waals surface area contributed by atoms with E-state index in [0.29, 0.717) is 5.69 Å². The average Bonchev–Trinajstić information content (AvgIpc) is 2.52. The molecule has 0 aliphatic carbocycles. The molecule has 0 saturated heterocycles. The first-order valence-electron chi connectivity index (χ1n) is 4.35. The Labute approximate surface area is 76.6 Å². The van der Waals surface area contributed by atoms with Crippen LogP contribution in [0, 0.1) is 0 Å². The van der Waals surface area contributed by atoms with Crippen molar-refractivity contribution in [2.75, 3.05) is 6.54 Å². The van der Waals surface area contributed by atoms with Crippen LogP contribution in [-0.4, -0.2) is 11.1 Å². The minimum atomic E-state index is -2.45. The number of rotatable bonds is 4. The van der Waals surface area contributed by atoms with Gasteiger partial charge in [-0.05, 0) is 25.6 Å². The van der Waals surface area contributed by atoms with Gasteiger partial charge in [0.25, 0.3) is 0 Å². The van der Waals surface area contributed by atoms with Crippen molar-refractivity contribution in [1.29, 1.82) is 0 Å². The van der Waals surface area contributed by atoms with Crippen LogP contribution in [0.2, 0.25) is 0 Å². The van der Waals surface area contributed by atoms with Crippen molar-refractivity contribution in [3.63, 3.8) is 0 Å². The average molecular weight is 188 g/mol. The quantitative estimate of drug-likeness (QED) is 0.768. The van der Waals surface area contributed by atoms with E-state index in [2.05, 4.69) is 5.32 Å². The van der Waals surface area contributed by atoms with Crippen molar-refractivity contribution >= 4 is 0 Å². The molecule has 0 amide bonds. The summed E-state index contributed by atoms with van der Waals surface area (Å²) in [6, 6.07) is 3.31. The number of nitrogens with one attached hydrogen (secondary N) is 1. The van der Waals surface area contributed by atoms with E-state index >= 15 is 0 Å². The Morgan fingerprint density at radius 1 is 1.54 bits per heavy atom. The third-order valence-electron chi connectivity index (χ3n) is 1.98. The minimum absolute atomic E-state index is 0.0333. The fraction of sp³-hybridized carbons (Fsp3) is 0.556. The first-order valence-corrected chi connectivity index (χ1v) is 4.35. The fourth-order valence-electron chi connectivity index (χ4n) is 1.36. The lowest BCUT2D eigenvalue weighted by atomic mass is 10.2. The molecule has 0 bridgehead atoms. The summed E-state index contributed by atoms with van der Waals surface area (Å²) in [5.41, 5.74) is 0.622. The Balaban J connectivity index is 2.80. The molecule has 1 rings (SSSR count). The Hall–Kier alpha value is -0.900. The lowest BCUT2D eigenvalue weighted by Crippen LogP contribution is -2.20. The van der Waals surface area contributed by atoms with Crippen LogP contribution in [0.5, 0.6) is 0 Å². The van der Waals surface area contributed by atoms with Crippen LogP contribution in [-0.2, 0) is 0 Å². The topological polar surface area (TPSA) is 17.0 Å². The van der Waals surface area contributed by atoms with Crippen LogP contribution in [0.1, 0.15) is 32.1 Å². The van der Waals surface area contributed by atoms with Gasteiger partial charge < -0.3 is 5.32 Å². The van der Waals surface area contributed by atoms with Crippen LogP contribution < -0.4 is 5.32 Å². The van der Waals surface area contributed by atoms with Crippen molar-refractivity contribution in [1.82, 2.24) is 9.88 Å². The van der Waals surface area contributed by atoms with Gasteiger partial charge in [0.1, 0.15) is 0 Å². The maximum absolute atomic E-state index is 12.4. The highest BCUT2D eigenvalue weighted by atomic mass is 19.3. The van der Waals surface area contributed by atoms with Crippen molar-refractivity contribution in [2.45, 2.75) is 26.4 Å². The Morgan fingerprint density at radius 3 is 2.77 bits per heavy atom. The van der Waals surface area contributed by atoms with Crippen molar-refractivity contribution in [2.24, 2.45) is 0 Å². The molecule has 0 aliphatic heterocycles. The summed E-state index contributed by atoms with van der Waals surface area (Å²) >= 11 is 0. The molecule has 1 unspecified atom stereocenters. The molecule has 1 aromatic rings. The molecule has 1 atom stereocenters. The van der Waals surface area contributed by atoms with Crippen LogP contribution in [0.25, 0.3) is 0 Å². The van der Waals surface area contributed by atoms with Gasteiger partial charge >= 0.3 is 6.55 Å². The SMILES string of the molecule is CCNC(C)c1cccn1C(F)F. The Kier molecular flexibility index (Phi) is 3.42. The standard InChI is InChI=1S/C9H14F2N2/c1-3-12-7(2)8-5-4-6-13(8)9(10)11/h4-7,9,12H,3H2,1-2H3. The molecule has 74 valence electrons. The smallest absolute Gasteiger partial charge is 0.309 e. The van der Waals surface area contributed by atoms with Gasteiger partial charge in [0.05, 0.1) is 0 Å². The lowest BCUT2D eigenvalue weighted by Gasteiger charge is -2.15. The number of alkyl halides is 2. The number of hydrogen-bond acceptors (Lipinski definition) is 1. The van der Waals surface area contributed by atoms with Gasteiger partial charge in [0.15, 0.2) is 0 Å². The molecule has 2 nitrogen and oxygen atoms in total. The van der Waals surface area contributed by atoms with E-state index in [4.69, 9.17) is 0 Å². The minimum Gasteiger partial charge on any atom is -0.309 e. The molecule has 1 heterocycles. The zero-order valence-corrected chi connectivity index (χ0v) is 7.80. The summed E-state index contributed by atoms with van der Waals surface area (Å²) in [5, 5.41) is 3.09. The first-order chi connectivity index (χ1) is 6.16. The highest BCUT2D eigenvalue weighted by Crippen LogP contribution is 2.19. The predicted molar refractivity (Wildman–Crippen MR) is 47.8 cm³/mol. The zero-order valence-electron chi connectivity index (χ0n) is 7.80. The maximum atomic E-state index is 12.4. The van der Waals surface area contributed by atoms with Gasteiger partial charge in [-0.3, -0.25) is 4.57 Å². The normalized spacial score (nSPS) is 13.6. The van der Waals surface area contributed by atoms with Gasteiger partial charge in [-0.15, -0.1) is 0 Å². The van der Waals surface area contributed by atoms with E-state index in [1.54, 1.807) is 12.1 Å². The van der Waals surface area contributed by atoms with E-state index in [0.717, 1.165) is 11.1 Å². The van der Waals surface area contributed by atoms with Crippen molar-refractivity contribution in [3.8, 4) is 0 Å². The lowest BCUT2D eigenvalue weighted by molar-refractivity contribution is 0.0662. The van der Waals surface area contributed by atoms with Crippen LogP contribution in [0.4, 0.5) is 8.78 Å². The molecule has 0 fully saturated rings. The highest BCUT2D eigenvalue weighted by molar-refractivity contribution is 5.11. The molecule has 0 spiro atoms. The van der Waals surface area contributed by atoms with Crippen molar-refractivity contribution in [3.05, 3.63) is 24.0 Å². The van der Waals surface area contributed by atoms with Gasteiger partial charge in [0.2, 0.25) is 0 Å². The van der Waals surface area contributed by atoms with E-state index in [9.17, 15) is 8.78 Å². The van der Waals surface area contributed by atoms with E-state index in [-0.39, 0.29) is 6.04 Å². The summed E-state index contributed by atoms with van der Waals surface area (Å²) in [6.07, 6.45) is 1.40. The predicted octanol–water partition coefficient (Wildman–Crippen LogP) is 2.55. The molecular weight excluding hydrogens is 174 g/mol. The van der Waals surface area contributed by atoms with Crippen LogP contribution in [0.15, 0.2) is 18.3 Å². The van der Waals surface area contributed by atoms with Gasteiger partial charge in [-0.1, -0.05) is 6.92 Å². The second-order valence-electron chi connectivity index (χ2n) is 2.90. The summed E-state index contributed by atoms with van der Waals surface area (Å²) < 4.78 is 25.8. The summed E-state index contributed by atoms with van der Waals surface area (Å²) in [5.74, 6) is 0. The molecule has 0 radical (unpaired) electrons. The molecule has 0 aliphatic rings. The summed E-state index contributed by atoms with van der Waals surface area (Å²) in [6.45, 7) is 2.14. The zero-order chi connectivity index (χ0) is 9.84. The molecule has 4 heteroatoms. The number of nitrogens with zero attached hydrogens (tertiary/aromatic N) is 1. The van der Waals surface area contributed by atoms with E-state index in [1.165, 1.54) is 6.20 Å². The second kappa shape index (κ2) is 4.37. The van der Waals surface area contributed by atoms with Gasteiger partial charge in [-0.25, -0.2) is 0 Å². The van der Waals surface area contributed by atoms with Crippen LogP contribution >= 0.6 is 0 Å². The Morgan fingerprint density at radius 2 is 2.23 bits per heavy atom. The fourth-order valence-corrected chi connectivity index (χ4v) is 1.36. The number of halogens is 2. The monoisotopic (exact) mass is 188 g/mol. The third kappa shape index (κ3) is 2.28. The molecule has 1 N–H and O–H groups in total. The molecule has 1 aromatic heterocycles. The summed E-state index contributed by atoms with van der Waals surface area (Å²) in [7, 11) is 0. The molecule has 13 heavy (non-hydrogen) atoms. The molecular formula is C9H14F2N2. The second-order valence-corrected chi connectivity index (χ2v) is 2.90. The number of hydrogen-bond donors (Lipinski definition) is 1. The highest BCUT2D eigenvalue weighted by Gasteiger charge is 2.13. The number of aromatic nitrogens is 1. The van der Waals surface area contributed by atoms with Crippen LogP contribution in [0.3, 0.4) is 0 Å². The summed E-state index contributed by atoms with van der Waals surface area (Å²) in [4.78, 5) is 0.